The topological polar surface area (TPSA) is 58.0 Å². The number of oxime groups is 1. The molecule has 27 heavy (non-hydrogen) atoms. The van der Waals surface area contributed by atoms with Crippen molar-refractivity contribution in [2.75, 3.05) is 24.6 Å². The molecule has 0 aliphatic carbocycles. The van der Waals surface area contributed by atoms with Crippen LogP contribution in [0.2, 0.25) is 0 Å². The molecule has 1 N–H and O–H groups in total. The first-order valence-corrected chi connectivity index (χ1v) is 10.1. The molecule has 1 fully saturated rings. The minimum atomic E-state index is 0.456. The summed E-state index contributed by atoms with van der Waals surface area (Å²) in [7, 11) is 0. The monoisotopic (exact) mass is 379 g/mol. The third-order valence-corrected chi connectivity index (χ3v) is 5.54. The number of aryl methyl sites for hydroxylation is 1. The highest BCUT2D eigenvalue weighted by molar-refractivity contribution is 7.99. The van der Waals surface area contributed by atoms with E-state index in [0.29, 0.717) is 17.3 Å². The van der Waals surface area contributed by atoms with Crippen molar-refractivity contribution in [3.05, 3.63) is 65.9 Å². The van der Waals surface area contributed by atoms with Gasteiger partial charge in [0.05, 0.1) is 5.56 Å². The van der Waals surface area contributed by atoms with Gasteiger partial charge in [0.25, 0.3) is 0 Å². The smallest absolute Gasteiger partial charge is 0.230 e. The second kappa shape index (κ2) is 7.88. The highest BCUT2D eigenvalue weighted by atomic mass is 32.2. The van der Waals surface area contributed by atoms with Crippen molar-refractivity contribution in [1.82, 2.24) is 9.88 Å². The molecule has 1 aliphatic rings. The number of benzene rings is 2. The van der Waals surface area contributed by atoms with Crippen LogP contribution >= 0.6 is 11.8 Å². The molecule has 1 saturated heterocycles. The number of ether oxygens (including phenoxy) is 1. The second-order valence-corrected chi connectivity index (χ2v) is 7.63. The lowest BCUT2D eigenvalue weighted by Gasteiger charge is -2.29. The zero-order valence-corrected chi connectivity index (χ0v) is 15.9. The van der Waals surface area contributed by atoms with Crippen molar-refractivity contribution < 1.29 is 9.94 Å². The average molecular weight is 379 g/mol. The van der Waals surface area contributed by atoms with Crippen LogP contribution in [0.25, 0.3) is 10.8 Å². The number of aromatic nitrogens is 1. The molecule has 5 nitrogen and oxygen atoms in total. The molecule has 2 heterocycles. The quantitative estimate of drug-likeness (QED) is 0.314. The Morgan fingerprint density at radius 3 is 2.67 bits per heavy atom. The summed E-state index contributed by atoms with van der Waals surface area (Å²) in [5, 5.41) is 15.4. The van der Waals surface area contributed by atoms with Gasteiger partial charge >= 0.3 is 0 Å². The Balaban J connectivity index is 1.75. The van der Waals surface area contributed by atoms with Gasteiger partial charge in [0.2, 0.25) is 5.88 Å². The zero-order chi connectivity index (χ0) is 18.6. The van der Waals surface area contributed by atoms with Crippen molar-refractivity contribution in [3.8, 4) is 11.6 Å². The molecule has 1 aromatic heterocycles. The summed E-state index contributed by atoms with van der Waals surface area (Å²) in [5.41, 5.74) is 1.54. The highest BCUT2D eigenvalue weighted by Crippen LogP contribution is 2.31. The van der Waals surface area contributed by atoms with Gasteiger partial charge in [-0.2, -0.15) is 11.8 Å². The maximum atomic E-state index is 9.72. The lowest BCUT2D eigenvalue weighted by Crippen LogP contribution is -2.38. The number of amidine groups is 1. The normalized spacial score (nSPS) is 15.1. The molecule has 0 unspecified atom stereocenters. The van der Waals surface area contributed by atoms with E-state index in [1.807, 2.05) is 61.2 Å². The zero-order valence-electron chi connectivity index (χ0n) is 15.1. The second-order valence-electron chi connectivity index (χ2n) is 6.41. The van der Waals surface area contributed by atoms with Crippen molar-refractivity contribution in [2.45, 2.75) is 6.92 Å². The van der Waals surface area contributed by atoms with Crippen LogP contribution in [-0.4, -0.2) is 45.5 Å². The Hall–Kier alpha value is -2.73. The molecule has 138 valence electrons. The van der Waals surface area contributed by atoms with Gasteiger partial charge in [-0.3, -0.25) is 0 Å². The minimum absolute atomic E-state index is 0.456. The van der Waals surface area contributed by atoms with E-state index in [1.165, 1.54) is 0 Å². The number of pyridine rings is 1. The number of hydrogen-bond donors (Lipinski definition) is 1. The predicted molar refractivity (Wildman–Crippen MR) is 110 cm³/mol. The van der Waals surface area contributed by atoms with Gasteiger partial charge in [0.15, 0.2) is 5.84 Å². The first-order chi connectivity index (χ1) is 13.3. The molecule has 4 rings (SSSR count). The molecule has 0 radical (unpaired) electrons. The lowest BCUT2D eigenvalue weighted by molar-refractivity contribution is 0.303. The van der Waals surface area contributed by atoms with Gasteiger partial charge < -0.3 is 14.8 Å². The molecular formula is C21H21N3O2S. The van der Waals surface area contributed by atoms with Crippen molar-refractivity contribution in [3.63, 3.8) is 0 Å². The average Bonchev–Trinajstić information content (AvgIpc) is 2.71. The Morgan fingerprint density at radius 1 is 1.07 bits per heavy atom. The molecule has 2 aromatic carbocycles. The van der Waals surface area contributed by atoms with Gasteiger partial charge in [0, 0.05) is 35.7 Å². The summed E-state index contributed by atoms with van der Waals surface area (Å²) in [5.74, 6) is 3.73. The van der Waals surface area contributed by atoms with Gasteiger partial charge in [-0.1, -0.05) is 41.6 Å². The van der Waals surface area contributed by atoms with E-state index in [-0.39, 0.29) is 0 Å². The lowest BCUT2D eigenvalue weighted by atomic mass is 10.1. The summed E-state index contributed by atoms with van der Waals surface area (Å²) in [6, 6.07) is 17.9. The molecule has 0 amide bonds. The molecule has 3 aromatic rings. The Morgan fingerprint density at radius 2 is 1.85 bits per heavy atom. The van der Waals surface area contributed by atoms with Gasteiger partial charge in [0.1, 0.15) is 5.75 Å². The van der Waals surface area contributed by atoms with E-state index in [1.54, 1.807) is 0 Å². The molecule has 0 spiro atoms. The molecule has 1 aliphatic heterocycles. The van der Waals surface area contributed by atoms with Crippen molar-refractivity contribution in [1.29, 1.82) is 0 Å². The van der Waals surface area contributed by atoms with E-state index >= 15 is 0 Å². The fourth-order valence-electron chi connectivity index (χ4n) is 3.23. The highest BCUT2D eigenvalue weighted by Gasteiger charge is 2.22. The third kappa shape index (κ3) is 3.71. The van der Waals surface area contributed by atoms with E-state index in [0.717, 1.165) is 46.8 Å². The van der Waals surface area contributed by atoms with E-state index in [9.17, 15) is 5.21 Å². The van der Waals surface area contributed by atoms with Crippen LogP contribution in [0.15, 0.2) is 59.8 Å². The van der Waals surface area contributed by atoms with Crippen molar-refractivity contribution >= 4 is 28.4 Å². The molecule has 0 bridgehead atoms. The third-order valence-electron chi connectivity index (χ3n) is 4.60. The number of nitrogens with zero attached hydrogens (tertiary/aromatic N) is 3. The summed E-state index contributed by atoms with van der Waals surface area (Å²) < 4.78 is 6.24. The molecule has 0 saturated carbocycles. The maximum Gasteiger partial charge on any atom is 0.230 e. The van der Waals surface area contributed by atoms with Gasteiger partial charge in [-0.05, 0) is 30.5 Å². The summed E-state index contributed by atoms with van der Waals surface area (Å²) in [6.07, 6.45) is 0. The van der Waals surface area contributed by atoms with Crippen LogP contribution < -0.4 is 4.74 Å². The molecule has 6 heteroatoms. The fourth-order valence-corrected chi connectivity index (χ4v) is 4.14. The summed E-state index contributed by atoms with van der Waals surface area (Å²) >= 11 is 1.91. The van der Waals surface area contributed by atoms with E-state index in [4.69, 9.17) is 4.74 Å². The minimum Gasteiger partial charge on any atom is -0.438 e. The fraction of sp³-hybridized carbons (Fsp3) is 0.238. The first kappa shape index (κ1) is 17.7. The Bertz CT molecular complexity index is 979. The summed E-state index contributed by atoms with van der Waals surface area (Å²) in [6.45, 7) is 3.60. The number of thioether (sulfide) groups is 1. The number of rotatable bonds is 3. The van der Waals surface area contributed by atoms with E-state index < -0.39 is 0 Å². The molecular weight excluding hydrogens is 358 g/mol. The van der Waals surface area contributed by atoms with Gasteiger partial charge in [-0.25, -0.2) is 4.98 Å². The Kier molecular flexibility index (Phi) is 5.16. The van der Waals surface area contributed by atoms with E-state index in [2.05, 4.69) is 27.2 Å². The Labute approximate surface area is 162 Å². The predicted octanol–water partition coefficient (Wildman–Crippen LogP) is 4.52. The molecule has 0 atom stereocenters. The van der Waals surface area contributed by atoms with Crippen LogP contribution in [0.1, 0.15) is 11.3 Å². The maximum absolute atomic E-state index is 9.72. The number of hydrogen-bond acceptors (Lipinski definition) is 5. The summed E-state index contributed by atoms with van der Waals surface area (Å²) in [4.78, 5) is 6.68. The number of fused-ring (bicyclic) bond motifs is 1. The van der Waals surface area contributed by atoms with Crippen LogP contribution in [0.5, 0.6) is 11.6 Å². The van der Waals surface area contributed by atoms with Crippen LogP contribution in [0.4, 0.5) is 0 Å². The van der Waals surface area contributed by atoms with Crippen molar-refractivity contribution in [2.24, 2.45) is 5.16 Å². The largest absolute Gasteiger partial charge is 0.438 e. The van der Waals surface area contributed by atoms with Gasteiger partial charge in [-0.15, -0.1) is 0 Å². The SMILES string of the molecule is Cc1ccc(/C(=N/O)N2CCSCC2)c(Oc2cccc3ccccc23)n1. The van der Waals surface area contributed by atoms with Crippen LogP contribution in [-0.2, 0) is 0 Å². The standard InChI is InChI=1S/C21H21N3O2S/c1-15-9-10-18(20(23-25)24-11-13-27-14-12-24)21(22-15)26-19-8-4-6-16-5-2-3-7-17(16)19/h2-10,25H,11-14H2,1H3/b23-20-. The van der Waals surface area contributed by atoms with Crippen LogP contribution in [0.3, 0.4) is 0 Å². The van der Waals surface area contributed by atoms with Crippen LogP contribution in [0, 0.1) is 6.92 Å². The first-order valence-electron chi connectivity index (χ1n) is 8.94.